The summed E-state index contributed by atoms with van der Waals surface area (Å²) in [5.41, 5.74) is -0.425. The van der Waals surface area contributed by atoms with Gasteiger partial charge in [-0.25, -0.2) is 0 Å². The van der Waals surface area contributed by atoms with E-state index < -0.39 is 5.54 Å². The van der Waals surface area contributed by atoms with E-state index in [1.54, 1.807) is 37.1 Å². The molecule has 2 rings (SSSR count). The molecule has 0 spiro atoms. The van der Waals surface area contributed by atoms with Crippen molar-refractivity contribution in [1.82, 2.24) is 5.32 Å². The maximum absolute atomic E-state index is 12.8. The van der Waals surface area contributed by atoms with Crippen molar-refractivity contribution < 1.29 is 23.8 Å². The number of ether oxygens (including phenoxy) is 3. The molecule has 0 saturated carbocycles. The normalized spacial score (nSPS) is 19.5. The maximum Gasteiger partial charge on any atom is 0.246 e. The van der Waals surface area contributed by atoms with E-state index in [9.17, 15) is 9.59 Å². The first-order valence-electron chi connectivity index (χ1n) is 8.97. The molecule has 1 saturated heterocycles. The number of anilines is 1. The van der Waals surface area contributed by atoms with Gasteiger partial charge in [-0.2, -0.15) is 0 Å². The number of benzene rings is 1. The van der Waals surface area contributed by atoms with Gasteiger partial charge in [0, 0.05) is 26.1 Å². The number of rotatable bonds is 9. The largest absolute Gasteiger partial charge is 0.494 e. The minimum absolute atomic E-state index is 0.107. The molecule has 1 atom stereocenters. The third-order valence-electron chi connectivity index (χ3n) is 4.43. The van der Waals surface area contributed by atoms with E-state index in [1.807, 2.05) is 13.8 Å². The van der Waals surface area contributed by atoms with Crippen LogP contribution in [0.1, 0.15) is 33.6 Å². The van der Waals surface area contributed by atoms with Crippen LogP contribution in [0, 0.1) is 0 Å². The van der Waals surface area contributed by atoms with E-state index in [4.69, 9.17) is 14.2 Å². The summed E-state index contributed by atoms with van der Waals surface area (Å²) in [6.45, 7) is 7.33. The fraction of sp³-hybridized carbons (Fsp3) is 0.579. The molecule has 1 heterocycles. The van der Waals surface area contributed by atoms with Crippen LogP contribution < -0.4 is 19.7 Å². The average molecular weight is 364 g/mol. The highest BCUT2D eigenvalue weighted by atomic mass is 16.5. The summed E-state index contributed by atoms with van der Waals surface area (Å²) in [5, 5.41) is 2.85. The standard InChI is InChI=1S/C19H28N2O5/c1-5-25-14-7-8-16(26-6-2)15(13-14)21-17(22)9-10-19(21,3)18(23)20-11-12-24-4/h7-8,13H,5-6,9-12H2,1-4H3,(H,20,23)/t19-/m1/s1. The van der Waals surface area contributed by atoms with Crippen molar-refractivity contribution in [3.8, 4) is 11.5 Å². The summed E-state index contributed by atoms with van der Waals surface area (Å²) in [4.78, 5) is 27.0. The van der Waals surface area contributed by atoms with Gasteiger partial charge in [0.25, 0.3) is 0 Å². The summed E-state index contributed by atoms with van der Waals surface area (Å²) in [6.07, 6.45) is 0.744. The molecule has 0 unspecified atom stereocenters. The molecule has 144 valence electrons. The molecule has 0 bridgehead atoms. The van der Waals surface area contributed by atoms with E-state index >= 15 is 0 Å². The molecular formula is C19H28N2O5. The summed E-state index contributed by atoms with van der Waals surface area (Å²) >= 11 is 0. The van der Waals surface area contributed by atoms with Crippen molar-refractivity contribution in [1.29, 1.82) is 0 Å². The SMILES string of the molecule is CCOc1ccc(OCC)c(N2C(=O)CC[C@]2(C)C(=O)NCCOC)c1. The number of amides is 2. The van der Waals surface area contributed by atoms with Crippen molar-refractivity contribution in [2.45, 2.75) is 39.2 Å². The third-order valence-corrected chi connectivity index (χ3v) is 4.43. The summed E-state index contributed by atoms with van der Waals surface area (Å²) in [7, 11) is 1.58. The molecule has 0 aliphatic carbocycles. The third kappa shape index (κ3) is 4.09. The molecule has 1 N–H and O–H groups in total. The Kier molecular flexibility index (Phi) is 6.85. The number of hydrogen-bond acceptors (Lipinski definition) is 5. The molecule has 1 aromatic carbocycles. The summed E-state index contributed by atoms with van der Waals surface area (Å²) in [5.74, 6) is 0.878. The molecule has 1 aliphatic heterocycles. The molecule has 7 heteroatoms. The zero-order chi connectivity index (χ0) is 19.2. The van der Waals surface area contributed by atoms with Gasteiger partial charge < -0.3 is 19.5 Å². The van der Waals surface area contributed by atoms with E-state index in [2.05, 4.69) is 5.32 Å². The van der Waals surface area contributed by atoms with Gasteiger partial charge in [-0.3, -0.25) is 14.5 Å². The maximum atomic E-state index is 12.8. The van der Waals surface area contributed by atoms with Gasteiger partial charge in [0.05, 0.1) is 25.5 Å². The Morgan fingerprint density at radius 3 is 2.65 bits per heavy atom. The van der Waals surface area contributed by atoms with Crippen molar-refractivity contribution in [3.63, 3.8) is 0 Å². The number of carbonyl (C=O) groups excluding carboxylic acids is 2. The minimum atomic E-state index is -0.985. The molecule has 0 radical (unpaired) electrons. The lowest BCUT2D eigenvalue weighted by Gasteiger charge is -2.35. The van der Waals surface area contributed by atoms with Crippen LogP contribution in [0.5, 0.6) is 11.5 Å². The second kappa shape index (κ2) is 8.89. The van der Waals surface area contributed by atoms with Gasteiger partial charge in [0.2, 0.25) is 11.8 Å². The predicted molar refractivity (Wildman–Crippen MR) is 98.8 cm³/mol. The summed E-state index contributed by atoms with van der Waals surface area (Å²) in [6, 6.07) is 5.34. The molecular weight excluding hydrogens is 336 g/mol. The van der Waals surface area contributed by atoms with Gasteiger partial charge in [-0.1, -0.05) is 0 Å². The summed E-state index contributed by atoms with van der Waals surface area (Å²) < 4.78 is 16.3. The highest BCUT2D eigenvalue weighted by Gasteiger charge is 2.49. The lowest BCUT2D eigenvalue weighted by atomic mass is 9.97. The number of methoxy groups -OCH3 is 1. The second-order valence-electron chi connectivity index (χ2n) is 6.25. The minimum Gasteiger partial charge on any atom is -0.494 e. The Morgan fingerprint density at radius 1 is 1.27 bits per heavy atom. The van der Waals surface area contributed by atoms with Crippen LogP contribution >= 0.6 is 0 Å². The number of hydrogen-bond donors (Lipinski definition) is 1. The van der Waals surface area contributed by atoms with E-state index in [0.717, 1.165) is 0 Å². The molecule has 1 fully saturated rings. The van der Waals surface area contributed by atoms with Gasteiger partial charge in [0.1, 0.15) is 17.0 Å². The fourth-order valence-corrected chi connectivity index (χ4v) is 3.13. The quantitative estimate of drug-likeness (QED) is 0.679. The lowest BCUT2D eigenvalue weighted by Crippen LogP contribution is -2.55. The Bertz CT molecular complexity index is 649. The Hall–Kier alpha value is -2.28. The number of carbonyl (C=O) groups is 2. The highest BCUT2D eigenvalue weighted by molar-refractivity contribution is 6.07. The van der Waals surface area contributed by atoms with Gasteiger partial charge in [-0.15, -0.1) is 0 Å². The molecule has 0 aromatic heterocycles. The van der Waals surface area contributed by atoms with Gasteiger partial charge in [-0.05, 0) is 39.3 Å². The molecule has 1 aliphatic rings. The number of nitrogens with zero attached hydrogens (tertiary/aromatic N) is 1. The van der Waals surface area contributed by atoms with E-state index in [1.165, 1.54) is 0 Å². The Labute approximate surface area is 154 Å². The van der Waals surface area contributed by atoms with E-state index in [0.29, 0.717) is 56.4 Å². The van der Waals surface area contributed by atoms with Crippen LogP contribution in [0.3, 0.4) is 0 Å². The monoisotopic (exact) mass is 364 g/mol. The topological polar surface area (TPSA) is 77.1 Å². The number of nitrogens with one attached hydrogen (secondary N) is 1. The van der Waals surface area contributed by atoms with Crippen LogP contribution in [-0.2, 0) is 14.3 Å². The van der Waals surface area contributed by atoms with Crippen LogP contribution in [0.15, 0.2) is 18.2 Å². The Balaban J connectivity index is 2.40. The van der Waals surface area contributed by atoms with Crippen LogP contribution in [0.4, 0.5) is 5.69 Å². The van der Waals surface area contributed by atoms with Crippen LogP contribution in [0.25, 0.3) is 0 Å². The molecule has 1 aromatic rings. The van der Waals surface area contributed by atoms with Crippen molar-refractivity contribution >= 4 is 17.5 Å². The van der Waals surface area contributed by atoms with Gasteiger partial charge >= 0.3 is 0 Å². The highest BCUT2D eigenvalue weighted by Crippen LogP contribution is 2.42. The fourth-order valence-electron chi connectivity index (χ4n) is 3.13. The first-order valence-corrected chi connectivity index (χ1v) is 8.97. The van der Waals surface area contributed by atoms with Crippen LogP contribution in [0.2, 0.25) is 0 Å². The zero-order valence-corrected chi connectivity index (χ0v) is 16.0. The first kappa shape index (κ1) is 20.0. The molecule has 2 amide bonds. The average Bonchev–Trinajstić information content (AvgIpc) is 2.93. The smallest absolute Gasteiger partial charge is 0.246 e. The predicted octanol–water partition coefficient (Wildman–Crippen LogP) is 2.13. The molecule has 7 nitrogen and oxygen atoms in total. The van der Waals surface area contributed by atoms with Crippen molar-refractivity contribution in [2.75, 3.05) is 38.4 Å². The van der Waals surface area contributed by atoms with Gasteiger partial charge in [0.15, 0.2) is 0 Å². The lowest BCUT2D eigenvalue weighted by molar-refractivity contribution is -0.127. The Morgan fingerprint density at radius 2 is 2.00 bits per heavy atom. The molecule has 26 heavy (non-hydrogen) atoms. The van der Waals surface area contributed by atoms with Crippen molar-refractivity contribution in [2.24, 2.45) is 0 Å². The van der Waals surface area contributed by atoms with Crippen LogP contribution in [-0.4, -0.2) is 50.8 Å². The second-order valence-corrected chi connectivity index (χ2v) is 6.25. The first-order chi connectivity index (χ1) is 12.5. The zero-order valence-electron chi connectivity index (χ0n) is 16.0. The van der Waals surface area contributed by atoms with E-state index in [-0.39, 0.29) is 11.8 Å². The van der Waals surface area contributed by atoms with Crippen molar-refractivity contribution in [3.05, 3.63) is 18.2 Å².